The summed E-state index contributed by atoms with van der Waals surface area (Å²) in [5, 5.41) is 21.2. The van der Waals surface area contributed by atoms with Crippen LogP contribution in [0.25, 0.3) is 17.0 Å². The van der Waals surface area contributed by atoms with Crippen LogP contribution >= 0.6 is 21.6 Å². The number of rotatable bonds is 10. The monoisotopic (exact) mass is 696 g/mol. The van der Waals surface area contributed by atoms with E-state index in [0.717, 1.165) is 35.2 Å². The van der Waals surface area contributed by atoms with E-state index in [4.69, 9.17) is 9.84 Å². The maximum Gasteiger partial charge on any atom is 0.418 e. The van der Waals surface area contributed by atoms with Crippen LogP contribution in [0.3, 0.4) is 0 Å². The average Bonchev–Trinajstić information content (AvgIpc) is 3.34. The van der Waals surface area contributed by atoms with Crippen molar-refractivity contribution in [3.05, 3.63) is 105 Å². The maximum absolute atomic E-state index is 16.1. The molecule has 14 heteroatoms. The molecule has 4 aromatic rings. The lowest BCUT2D eigenvalue weighted by Crippen LogP contribution is -2.47. The Labute approximate surface area is 283 Å². The topological polar surface area (TPSA) is 128 Å². The van der Waals surface area contributed by atoms with Gasteiger partial charge in [-0.1, -0.05) is 49.8 Å². The van der Waals surface area contributed by atoms with Crippen molar-refractivity contribution >= 4 is 56.3 Å². The Morgan fingerprint density at radius 3 is 2.50 bits per heavy atom. The van der Waals surface area contributed by atoms with Crippen molar-refractivity contribution in [2.75, 3.05) is 18.9 Å². The number of carbonyl (C=O) groups is 2. The quantitative estimate of drug-likeness (QED) is 0.0571. The number of pyridine rings is 1. The Kier molecular flexibility index (Phi) is 10.6. The van der Waals surface area contributed by atoms with Crippen LogP contribution < -0.4 is 0 Å². The van der Waals surface area contributed by atoms with E-state index in [9.17, 15) is 19.7 Å². The molecular formula is C34H34F2N4O6S2. The van der Waals surface area contributed by atoms with E-state index in [-0.39, 0.29) is 34.9 Å². The minimum absolute atomic E-state index is 0.0187. The summed E-state index contributed by atoms with van der Waals surface area (Å²) in [6.45, 7) is 8.57. The number of hydrogen-bond acceptors (Lipinski definition) is 9. The highest BCUT2D eigenvalue weighted by atomic mass is 33.1. The molecule has 0 bridgehead atoms. The van der Waals surface area contributed by atoms with Gasteiger partial charge < -0.3 is 9.84 Å². The molecule has 252 valence electrons. The number of benzene rings is 2. The fraction of sp³-hybridized carbons (Fsp3) is 0.324. The largest absolute Gasteiger partial charge is 0.478 e. The second-order valence-corrected chi connectivity index (χ2v) is 15.0. The van der Waals surface area contributed by atoms with E-state index in [1.807, 2.05) is 44.7 Å². The summed E-state index contributed by atoms with van der Waals surface area (Å²) in [7, 11) is 2.64. The van der Waals surface area contributed by atoms with Gasteiger partial charge in [-0.25, -0.2) is 27.9 Å². The first-order valence-corrected chi connectivity index (χ1v) is 17.4. The summed E-state index contributed by atoms with van der Waals surface area (Å²) in [5.74, 6) is -2.59. The number of aromatic nitrogens is 2. The Hall–Kier alpha value is -4.27. The van der Waals surface area contributed by atoms with Crippen LogP contribution in [0.4, 0.5) is 19.3 Å². The van der Waals surface area contributed by atoms with Gasteiger partial charge in [0.15, 0.2) is 0 Å². The number of aliphatic carboxylic acids is 1. The zero-order valence-corrected chi connectivity index (χ0v) is 28.3. The molecule has 0 radical (unpaired) electrons. The van der Waals surface area contributed by atoms with E-state index in [1.165, 1.54) is 44.5 Å². The number of carboxylic acid groups (broad SMARTS) is 1. The van der Waals surface area contributed by atoms with Gasteiger partial charge in [0.2, 0.25) is 0 Å². The Morgan fingerprint density at radius 1 is 1.17 bits per heavy atom. The number of para-hydroxylation sites is 1. The van der Waals surface area contributed by atoms with Crippen LogP contribution in [-0.2, 0) is 16.0 Å². The van der Waals surface area contributed by atoms with Gasteiger partial charge in [-0.05, 0) is 71.0 Å². The molecule has 5 rings (SSSR count). The molecule has 0 saturated carbocycles. The molecule has 0 spiro atoms. The van der Waals surface area contributed by atoms with E-state index in [1.54, 1.807) is 12.1 Å². The van der Waals surface area contributed by atoms with Crippen molar-refractivity contribution in [3.63, 3.8) is 0 Å². The van der Waals surface area contributed by atoms with Gasteiger partial charge in [0, 0.05) is 41.4 Å². The summed E-state index contributed by atoms with van der Waals surface area (Å²) >= 11 is 0. The molecule has 1 aliphatic heterocycles. The van der Waals surface area contributed by atoms with E-state index < -0.39 is 34.7 Å². The van der Waals surface area contributed by atoms with Crippen LogP contribution in [0.5, 0.6) is 0 Å². The normalized spacial score (nSPS) is 16.7. The fourth-order valence-electron chi connectivity index (χ4n) is 5.93. The molecule has 10 nitrogen and oxygen atoms in total. The number of nitro groups is 1. The van der Waals surface area contributed by atoms with E-state index in [0.29, 0.717) is 35.0 Å². The second-order valence-electron chi connectivity index (χ2n) is 12.6. The molecular weight excluding hydrogens is 663 g/mol. The first-order valence-electron chi connectivity index (χ1n) is 15.1. The van der Waals surface area contributed by atoms with Crippen LogP contribution in [-0.4, -0.2) is 61.5 Å². The highest BCUT2D eigenvalue weighted by Gasteiger charge is 2.42. The molecule has 1 N–H and O–H groups in total. The van der Waals surface area contributed by atoms with Gasteiger partial charge in [-0.3, -0.25) is 15.0 Å². The Balaban J connectivity index is 1.51. The van der Waals surface area contributed by atoms with Crippen molar-refractivity contribution in [1.82, 2.24) is 14.5 Å². The van der Waals surface area contributed by atoms with Gasteiger partial charge in [0.25, 0.3) is 5.69 Å². The molecule has 0 amide bonds. The van der Waals surface area contributed by atoms with Crippen LogP contribution in [0.15, 0.2) is 65.8 Å². The number of fused-ring (bicyclic) bond motifs is 3. The first-order chi connectivity index (χ1) is 22.7. The lowest BCUT2D eigenvalue weighted by molar-refractivity contribution is -0.385. The molecule has 0 fully saturated rings. The van der Waals surface area contributed by atoms with Gasteiger partial charge >= 0.3 is 12.1 Å². The third kappa shape index (κ3) is 7.71. The second kappa shape index (κ2) is 14.5. The maximum atomic E-state index is 16.1. The summed E-state index contributed by atoms with van der Waals surface area (Å²) < 4.78 is 39.4. The van der Waals surface area contributed by atoms with E-state index in [2.05, 4.69) is 4.98 Å². The zero-order chi connectivity index (χ0) is 34.7. The molecule has 0 saturated heterocycles. The van der Waals surface area contributed by atoms with Gasteiger partial charge in [-0.2, -0.15) is 0 Å². The summed E-state index contributed by atoms with van der Waals surface area (Å²) in [5.41, 5.74) is 1.22. The van der Waals surface area contributed by atoms with Crippen molar-refractivity contribution < 1.29 is 33.1 Å². The summed E-state index contributed by atoms with van der Waals surface area (Å²) in [6, 6.07) is 11.3. The summed E-state index contributed by atoms with van der Waals surface area (Å²) in [6.07, 6.45) is 2.95. The number of carbonyl (C=O) groups excluding carboxylic acids is 1. The smallest absolute Gasteiger partial charge is 0.418 e. The predicted octanol–water partition coefficient (Wildman–Crippen LogP) is 8.13. The highest BCUT2D eigenvalue weighted by Crippen LogP contribution is 2.45. The molecule has 3 heterocycles. The van der Waals surface area contributed by atoms with Crippen LogP contribution in [0.1, 0.15) is 56.1 Å². The standard InChI is InChI=1S/C34H34F2N4O6S2/c1-20-15-24-23-7-5-6-8-27(23)39(33(43)46-13-14-47-48-28-11-10-22(18-37-28)40(44)45)31(24)32(38(20)19-34(2,3)4)30-25(35)16-21(17-26(30)36)9-12-29(41)42/h5-12,16-18,20,32H,13-15,19H2,1-4H3,(H,41,42)/b12-9+/t20-,32-/m1/s1. The Bertz CT molecular complexity index is 1870. The number of halogens is 2. The van der Waals surface area contributed by atoms with Crippen molar-refractivity contribution in [3.8, 4) is 0 Å². The summed E-state index contributed by atoms with van der Waals surface area (Å²) in [4.78, 5) is 41.4. The number of ether oxygens (including phenoxy) is 1. The highest BCUT2D eigenvalue weighted by molar-refractivity contribution is 8.76. The molecule has 2 atom stereocenters. The van der Waals surface area contributed by atoms with Gasteiger partial charge in [-0.15, -0.1) is 0 Å². The number of carboxylic acids is 1. The lowest BCUT2D eigenvalue weighted by atomic mass is 9.85. The average molecular weight is 697 g/mol. The molecule has 0 aliphatic carbocycles. The minimum atomic E-state index is -1.25. The van der Waals surface area contributed by atoms with Crippen molar-refractivity contribution in [1.29, 1.82) is 0 Å². The third-order valence-corrected chi connectivity index (χ3v) is 10.0. The van der Waals surface area contributed by atoms with Gasteiger partial charge in [0.05, 0.1) is 22.2 Å². The first kappa shape index (κ1) is 35.0. The number of hydrogen-bond donors (Lipinski definition) is 1. The molecule has 0 unspecified atom stereocenters. The fourth-order valence-corrected chi connectivity index (χ4v) is 7.62. The molecule has 2 aromatic heterocycles. The third-order valence-electron chi connectivity index (χ3n) is 7.78. The van der Waals surface area contributed by atoms with E-state index >= 15 is 8.78 Å². The SMILES string of the molecule is C[C@@H]1Cc2c(n(C(=O)OCCSSc3ccc([N+](=O)[O-])cn3)c3ccccc23)[C@@H](c2c(F)cc(/C=C/C(=O)O)cc2F)N1CC(C)(C)C. The lowest BCUT2D eigenvalue weighted by Gasteiger charge is -2.44. The molecule has 1 aliphatic rings. The van der Waals surface area contributed by atoms with Crippen LogP contribution in [0, 0.1) is 27.2 Å². The van der Waals surface area contributed by atoms with Crippen molar-refractivity contribution in [2.24, 2.45) is 5.41 Å². The predicted molar refractivity (Wildman–Crippen MR) is 182 cm³/mol. The minimum Gasteiger partial charge on any atom is -0.478 e. The number of nitrogens with zero attached hydrogens (tertiary/aromatic N) is 4. The van der Waals surface area contributed by atoms with Crippen molar-refractivity contribution in [2.45, 2.75) is 51.2 Å². The zero-order valence-electron chi connectivity index (χ0n) is 26.7. The van der Waals surface area contributed by atoms with Gasteiger partial charge in [0.1, 0.15) is 29.5 Å². The molecule has 2 aromatic carbocycles. The molecule has 48 heavy (non-hydrogen) atoms. The Morgan fingerprint density at radius 2 is 1.88 bits per heavy atom. The van der Waals surface area contributed by atoms with Crippen LogP contribution in [0.2, 0.25) is 0 Å².